The lowest BCUT2D eigenvalue weighted by Gasteiger charge is -2.22. The van der Waals surface area contributed by atoms with E-state index in [0.717, 1.165) is 68.8 Å². The van der Waals surface area contributed by atoms with Crippen LogP contribution in [-0.4, -0.2) is 19.6 Å². The average molecular weight is 429 g/mol. The fraction of sp³-hybridized carbons (Fsp3) is 0.478. The molecule has 5 rings (SSSR count). The molecule has 4 heterocycles. The Hall–Kier alpha value is -2.28. The van der Waals surface area contributed by atoms with Crippen molar-refractivity contribution in [2.75, 3.05) is 0 Å². The summed E-state index contributed by atoms with van der Waals surface area (Å²) in [7, 11) is 0. The van der Waals surface area contributed by atoms with E-state index in [4.69, 9.17) is 0 Å². The molecule has 1 aliphatic carbocycles. The van der Waals surface area contributed by atoms with E-state index in [1.165, 1.54) is 12.7 Å². The van der Waals surface area contributed by atoms with Crippen molar-refractivity contribution in [2.45, 2.75) is 71.1 Å². The van der Waals surface area contributed by atoms with E-state index >= 15 is 0 Å². The molecule has 0 bridgehead atoms. The minimum Gasteiger partial charge on any atom is -0.346 e. The van der Waals surface area contributed by atoms with Crippen molar-refractivity contribution in [3.8, 4) is 11.3 Å². The van der Waals surface area contributed by atoms with Crippen LogP contribution in [0.1, 0.15) is 85.8 Å². The highest BCUT2D eigenvalue weighted by molar-refractivity contribution is 7.19. The van der Waals surface area contributed by atoms with E-state index in [2.05, 4.69) is 35.0 Å². The topological polar surface area (TPSA) is 46.0 Å². The third-order valence-electron chi connectivity index (χ3n) is 6.37. The molecule has 1 saturated carbocycles. The zero-order valence-electron chi connectivity index (χ0n) is 17.5. The van der Waals surface area contributed by atoms with E-state index in [1.807, 2.05) is 13.1 Å². The Balaban J connectivity index is 1.74. The van der Waals surface area contributed by atoms with Crippen molar-refractivity contribution in [1.82, 2.24) is 19.6 Å². The predicted octanol–water partition coefficient (Wildman–Crippen LogP) is 7.36. The minimum absolute atomic E-state index is 0.117. The minimum atomic E-state index is -2.46. The highest BCUT2D eigenvalue weighted by Gasteiger charge is 2.31. The average Bonchev–Trinajstić information content (AvgIpc) is 3.41. The molecule has 0 saturated heterocycles. The molecular formula is C23H26F2N4S. The first-order valence-corrected chi connectivity index (χ1v) is 11.5. The van der Waals surface area contributed by atoms with Crippen LogP contribution in [0.25, 0.3) is 27.1 Å². The molecule has 1 N–H and O–H groups in total. The van der Waals surface area contributed by atoms with Gasteiger partial charge in [0.1, 0.15) is 11.2 Å². The summed E-state index contributed by atoms with van der Waals surface area (Å²) in [5.41, 5.74) is 4.95. The summed E-state index contributed by atoms with van der Waals surface area (Å²) < 4.78 is 30.6. The van der Waals surface area contributed by atoms with Crippen molar-refractivity contribution >= 4 is 27.2 Å². The lowest BCUT2D eigenvalue weighted by Crippen LogP contribution is -2.05. The van der Waals surface area contributed by atoms with Crippen LogP contribution < -0.4 is 0 Å². The molecule has 0 unspecified atom stereocenters. The van der Waals surface area contributed by atoms with Crippen molar-refractivity contribution in [3.63, 3.8) is 0 Å². The number of nitrogens with one attached hydrogen (secondary N) is 1. The van der Waals surface area contributed by atoms with Crippen LogP contribution in [0.15, 0.2) is 18.6 Å². The molecule has 0 aromatic carbocycles. The van der Waals surface area contributed by atoms with Gasteiger partial charge in [-0.05, 0) is 48.8 Å². The summed E-state index contributed by atoms with van der Waals surface area (Å²) in [5, 5.41) is 5.02. The van der Waals surface area contributed by atoms with Gasteiger partial charge in [0.15, 0.2) is 5.65 Å². The maximum atomic E-state index is 14.4. The summed E-state index contributed by atoms with van der Waals surface area (Å²) in [6.07, 6.45) is 6.54. The molecule has 0 spiro atoms. The van der Waals surface area contributed by atoms with E-state index < -0.39 is 6.43 Å². The normalized spacial score (nSPS) is 16.0. The van der Waals surface area contributed by atoms with Gasteiger partial charge in [0, 0.05) is 27.6 Å². The van der Waals surface area contributed by atoms with Crippen LogP contribution in [0.2, 0.25) is 0 Å². The van der Waals surface area contributed by atoms with Gasteiger partial charge in [-0.2, -0.15) is 5.10 Å². The van der Waals surface area contributed by atoms with Gasteiger partial charge >= 0.3 is 0 Å². The van der Waals surface area contributed by atoms with Crippen molar-refractivity contribution in [2.24, 2.45) is 0 Å². The van der Waals surface area contributed by atoms with Gasteiger partial charge < -0.3 is 4.98 Å². The van der Waals surface area contributed by atoms with Gasteiger partial charge in [-0.15, -0.1) is 11.3 Å². The molecule has 30 heavy (non-hydrogen) atoms. The Morgan fingerprint density at radius 3 is 2.63 bits per heavy atom. The number of H-pyrrole nitrogens is 1. The fourth-order valence-corrected chi connectivity index (χ4v) is 6.44. The quantitative estimate of drug-likeness (QED) is 0.369. The highest BCUT2D eigenvalue weighted by atomic mass is 32.1. The highest BCUT2D eigenvalue weighted by Crippen LogP contribution is 2.49. The Labute approximate surface area is 178 Å². The van der Waals surface area contributed by atoms with Crippen molar-refractivity contribution in [3.05, 3.63) is 40.2 Å². The Bertz CT molecular complexity index is 1210. The molecule has 4 aromatic rings. The molecule has 7 heteroatoms. The van der Waals surface area contributed by atoms with E-state index in [1.54, 1.807) is 15.9 Å². The second kappa shape index (κ2) is 7.45. The molecule has 0 radical (unpaired) electrons. The SMILES string of the molecule is Cc1cc(-c2[nH]c3sc(C4CCCCC4)c(C(F)F)c3c2C(C)C)cn2ncnc12. The lowest BCUT2D eigenvalue weighted by atomic mass is 9.85. The number of fused-ring (bicyclic) bond motifs is 2. The van der Waals surface area contributed by atoms with Crippen LogP contribution in [0.4, 0.5) is 8.78 Å². The Morgan fingerprint density at radius 2 is 1.93 bits per heavy atom. The van der Waals surface area contributed by atoms with Crippen molar-refractivity contribution < 1.29 is 8.78 Å². The molecule has 0 amide bonds. The summed E-state index contributed by atoms with van der Waals surface area (Å²) >= 11 is 1.54. The molecule has 0 atom stereocenters. The van der Waals surface area contributed by atoms with Crippen LogP contribution in [0, 0.1) is 6.92 Å². The number of rotatable bonds is 4. The van der Waals surface area contributed by atoms with Gasteiger partial charge in [-0.25, -0.2) is 18.3 Å². The smallest absolute Gasteiger partial charge is 0.265 e. The molecule has 4 nitrogen and oxygen atoms in total. The first-order chi connectivity index (χ1) is 14.5. The summed E-state index contributed by atoms with van der Waals surface area (Å²) in [6, 6.07) is 2.06. The number of hydrogen-bond donors (Lipinski definition) is 1. The number of nitrogens with zero attached hydrogens (tertiary/aromatic N) is 3. The van der Waals surface area contributed by atoms with E-state index in [0.29, 0.717) is 0 Å². The van der Waals surface area contributed by atoms with Gasteiger partial charge in [-0.3, -0.25) is 0 Å². The molecule has 1 fully saturated rings. The van der Waals surface area contributed by atoms with Crippen LogP contribution >= 0.6 is 11.3 Å². The number of halogens is 2. The van der Waals surface area contributed by atoms with Gasteiger partial charge in [0.25, 0.3) is 6.43 Å². The van der Waals surface area contributed by atoms with Crippen LogP contribution in [-0.2, 0) is 0 Å². The van der Waals surface area contributed by atoms with Crippen LogP contribution in [0.5, 0.6) is 0 Å². The van der Waals surface area contributed by atoms with E-state index in [9.17, 15) is 8.78 Å². The molecule has 158 valence electrons. The zero-order chi connectivity index (χ0) is 21.0. The standard InChI is InChI=1S/C23H26F2N4S/c1-12(2)16-17-18(21(24)25)20(14-7-5-4-6-8-14)30-23(17)28-19(16)15-9-13(3)22-26-11-27-29(22)10-15/h9-12,14,21,28H,4-8H2,1-3H3. The third kappa shape index (κ3) is 3.06. The van der Waals surface area contributed by atoms with Gasteiger partial charge in [0.2, 0.25) is 0 Å². The number of hydrogen-bond acceptors (Lipinski definition) is 3. The second-order valence-corrected chi connectivity index (χ2v) is 9.78. The van der Waals surface area contributed by atoms with Crippen LogP contribution in [0.3, 0.4) is 0 Å². The Morgan fingerprint density at radius 1 is 1.17 bits per heavy atom. The monoisotopic (exact) mass is 428 g/mol. The maximum Gasteiger partial charge on any atom is 0.265 e. The molecular weight excluding hydrogens is 402 g/mol. The number of alkyl halides is 2. The molecule has 0 aliphatic heterocycles. The summed E-state index contributed by atoms with van der Waals surface area (Å²) in [4.78, 5) is 9.59. The number of aromatic nitrogens is 4. The first kappa shape index (κ1) is 19.7. The summed E-state index contributed by atoms with van der Waals surface area (Å²) in [5.74, 6) is 0.387. The molecule has 1 aliphatic rings. The second-order valence-electron chi connectivity index (χ2n) is 8.73. The maximum absolute atomic E-state index is 14.4. The predicted molar refractivity (Wildman–Crippen MR) is 118 cm³/mol. The molecule has 4 aromatic heterocycles. The number of aromatic amines is 1. The number of aryl methyl sites for hydroxylation is 1. The third-order valence-corrected chi connectivity index (χ3v) is 7.65. The first-order valence-electron chi connectivity index (χ1n) is 10.7. The fourth-order valence-electron chi connectivity index (χ4n) is 5.04. The van der Waals surface area contributed by atoms with E-state index in [-0.39, 0.29) is 17.4 Å². The zero-order valence-corrected chi connectivity index (χ0v) is 18.3. The Kier molecular flexibility index (Phi) is 4.88. The number of pyridine rings is 1. The number of thiophene rings is 1. The van der Waals surface area contributed by atoms with Crippen molar-refractivity contribution in [1.29, 1.82) is 0 Å². The largest absolute Gasteiger partial charge is 0.346 e. The summed E-state index contributed by atoms with van der Waals surface area (Å²) in [6.45, 7) is 6.17. The van der Waals surface area contributed by atoms with Gasteiger partial charge in [0.05, 0.1) is 5.69 Å². The lowest BCUT2D eigenvalue weighted by molar-refractivity contribution is 0.151. The van der Waals surface area contributed by atoms with Gasteiger partial charge in [-0.1, -0.05) is 33.1 Å².